The van der Waals surface area contributed by atoms with Crippen molar-refractivity contribution in [3.8, 4) is 5.75 Å². The molecule has 0 saturated carbocycles. The topological polar surface area (TPSA) is 87.7 Å². The highest BCUT2D eigenvalue weighted by Crippen LogP contribution is 2.30. The molecule has 1 saturated heterocycles. The molecular formula is C24H31N5O3. The van der Waals surface area contributed by atoms with Crippen LogP contribution in [0.3, 0.4) is 0 Å². The number of nitrogens with zero attached hydrogens (tertiary/aromatic N) is 4. The third-order valence-corrected chi connectivity index (χ3v) is 6.39. The quantitative estimate of drug-likeness (QED) is 0.773. The summed E-state index contributed by atoms with van der Waals surface area (Å²) in [6, 6.07) is 7.63. The molecule has 0 spiro atoms. The van der Waals surface area contributed by atoms with E-state index in [-0.39, 0.29) is 17.7 Å². The van der Waals surface area contributed by atoms with Crippen molar-refractivity contribution < 1.29 is 14.3 Å². The number of benzene rings is 1. The summed E-state index contributed by atoms with van der Waals surface area (Å²) in [6.45, 7) is 4.23. The Hall–Kier alpha value is -3.16. The van der Waals surface area contributed by atoms with Crippen molar-refractivity contribution in [3.63, 3.8) is 0 Å². The van der Waals surface area contributed by atoms with Crippen LogP contribution in [0, 0.1) is 0 Å². The average Bonchev–Trinajstić information content (AvgIpc) is 2.83. The molecule has 1 N–H and O–H groups in total. The minimum Gasteiger partial charge on any atom is -0.497 e. The molecule has 2 amide bonds. The number of aromatic nitrogens is 2. The van der Waals surface area contributed by atoms with Crippen LogP contribution in [0.5, 0.6) is 5.75 Å². The van der Waals surface area contributed by atoms with E-state index in [1.54, 1.807) is 14.0 Å². The standard InChI is InChI=1S/C24H31N5O3/c1-16(30)28-10-5-7-18(14-28)23-26-21-9-11-29(15-20(21)24(25-2)27-23)22(31)13-17-6-4-8-19(12-17)32-3/h4,6,8,12,18H,5,7,9-11,13-15H2,1-3H3,(H,25,26,27)/t18-/m1/s1. The van der Waals surface area contributed by atoms with Gasteiger partial charge in [0, 0.05) is 51.5 Å². The highest BCUT2D eigenvalue weighted by atomic mass is 16.5. The Kier molecular flexibility index (Phi) is 6.58. The van der Waals surface area contributed by atoms with Crippen LogP contribution in [0.2, 0.25) is 0 Å². The number of anilines is 1. The van der Waals surface area contributed by atoms with Gasteiger partial charge in [-0.25, -0.2) is 9.97 Å². The van der Waals surface area contributed by atoms with E-state index in [0.29, 0.717) is 32.5 Å². The summed E-state index contributed by atoms with van der Waals surface area (Å²) in [5, 5.41) is 3.21. The number of amides is 2. The zero-order valence-corrected chi connectivity index (χ0v) is 19.1. The number of ether oxygens (including phenoxy) is 1. The Morgan fingerprint density at radius 2 is 2.06 bits per heavy atom. The Balaban J connectivity index is 1.50. The smallest absolute Gasteiger partial charge is 0.227 e. The van der Waals surface area contributed by atoms with E-state index >= 15 is 0 Å². The SMILES string of the molecule is CNc1nc([C@@H]2CCCN(C(C)=O)C2)nc2c1CN(C(=O)Cc1cccc(OC)c1)CC2. The van der Waals surface area contributed by atoms with E-state index in [9.17, 15) is 9.59 Å². The summed E-state index contributed by atoms with van der Waals surface area (Å²) in [5.74, 6) is 2.67. The van der Waals surface area contributed by atoms with Gasteiger partial charge in [-0.1, -0.05) is 12.1 Å². The average molecular weight is 438 g/mol. The second-order valence-corrected chi connectivity index (χ2v) is 8.50. The first kappa shape index (κ1) is 22.0. The summed E-state index contributed by atoms with van der Waals surface area (Å²) >= 11 is 0. The van der Waals surface area contributed by atoms with E-state index in [2.05, 4.69) is 5.32 Å². The van der Waals surface area contributed by atoms with Gasteiger partial charge in [-0.05, 0) is 30.5 Å². The maximum atomic E-state index is 13.0. The van der Waals surface area contributed by atoms with E-state index in [4.69, 9.17) is 14.7 Å². The van der Waals surface area contributed by atoms with Crippen molar-refractivity contribution in [3.05, 3.63) is 46.9 Å². The summed E-state index contributed by atoms with van der Waals surface area (Å²) in [4.78, 5) is 38.3. The molecular weight excluding hydrogens is 406 g/mol. The minimum absolute atomic E-state index is 0.0828. The van der Waals surface area contributed by atoms with Crippen molar-refractivity contribution in [2.75, 3.05) is 39.1 Å². The van der Waals surface area contributed by atoms with E-state index in [1.807, 2.05) is 41.1 Å². The molecule has 1 atom stereocenters. The fraction of sp³-hybridized carbons (Fsp3) is 0.500. The van der Waals surface area contributed by atoms with E-state index < -0.39 is 0 Å². The summed E-state index contributed by atoms with van der Waals surface area (Å²) in [6.07, 6.45) is 2.98. The number of rotatable bonds is 5. The molecule has 0 radical (unpaired) electrons. The fourth-order valence-electron chi connectivity index (χ4n) is 4.58. The monoisotopic (exact) mass is 437 g/mol. The Morgan fingerprint density at radius 1 is 1.22 bits per heavy atom. The molecule has 1 aromatic carbocycles. The summed E-state index contributed by atoms with van der Waals surface area (Å²) < 4.78 is 5.27. The molecule has 32 heavy (non-hydrogen) atoms. The van der Waals surface area contributed by atoms with Gasteiger partial charge in [0.05, 0.1) is 25.8 Å². The molecule has 4 rings (SSSR count). The normalized spacial score (nSPS) is 18.2. The lowest BCUT2D eigenvalue weighted by molar-refractivity contribution is -0.131. The maximum Gasteiger partial charge on any atom is 0.227 e. The molecule has 2 aliphatic rings. The molecule has 0 aliphatic carbocycles. The Morgan fingerprint density at radius 3 is 2.81 bits per heavy atom. The van der Waals surface area contributed by atoms with Crippen LogP contribution in [-0.4, -0.2) is 65.4 Å². The zero-order chi connectivity index (χ0) is 22.7. The molecule has 2 aliphatic heterocycles. The minimum atomic E-state index is 0.0828. The molecule has 8 nitrogen and oxygen atoms in total. The van der Waals surface area contributed by atoms with Crippen molar-refractivity contribution >= 4 is 17.6 Å². The van der Waals surface area contributed by atoms with Gasteiger partial charge in [0.25, 0.3) is 0 Å². The maximum absolute atomic E-state index is 13.0. The first-order valence-corrected chi connectivity index (χ1v) is 11.2. The Bertz CT molecular complexity index is 992. The molecule has 170 valence electrons. The predicted molar refractivity (Wildman–Crippen MR) is 122 cm³/mol. The number of piperidine rings is 1. The van der Waals surface area contributed by atoms with Crippen LogP contribution in [-0.2, 0) is 29.0 Å². The van der Waals surface area contributed by atoms with Crippen molar-refractivity contribution in [2.45, 2.75) is 45.1 Å². The van der Waals surface area contributed by atoms with Crippen LogP contribution in [0.15, 0.2) is 24.3 Å². The number of methoxy groups -OCH3 is 1. The van der Waals surface area contributed by atoms with Gasteiger partial charge in [-0.15, -0.1) is 0 Å². The number of hydrogen-bond donors (Lipinski definition) is 1. The zero-order valence-electron chi connectivity index (χ0n) is 19.1. The number of carbonyl (C=O) groups excluding carboxylic acids is 2. The lowest BCUT2D eigenvalue weighted by Crippen LogP contribution is -2.39. The molecule has 2 aromatic rings. The molecule has 1 aromatic heterocycles. The number of fused-ring (bicyclic) bond motifs is 1. The Labute approximate surface area is 189 Å². The van der Waals surface area contributed by atoms with Gasteiger partial charge in [0.1, 0.15) is 17.4 Å². The van der Waals surface area contributed by atoms with Crippen LogP contribution >= 0.6 is 0 Å². The first-order chi connectivity index (χ1) is 15.5. The molecule has 3 heterocycles. The number of carbonyl (C=O) groups is 2. The third kappa shape index (κ3) is 4.69. The van der Waals surface area contributed by atoms with Crippen molar-refractivity contribution in [1.29, 1.82) is 0 Å². The van der Waals surface area contributed by atoms with Gasteiger partial charge >= 0.3 is 0 Å². The lowest BCUT2D eigenvalue weighted by atomic mass is 9.96. The number of hydrogen-bond acceptors (Lipinski definition) is 6. The summed E-state index contributed by atoms with van der Waals surface area (Å²) in [7, 11) is 3.48. The second-order valence-electron chi connectivity index (χ2n) is 8.50. The van der Waals surface area contributed by atoms with Crippen LogP contribution in [0.25, 0.3) is 0 Å². The summed E-state index contributed by atoms with van der Waals surface area (Å²) in [5.41, 5.74) is 2.93. The van der Waals surface area contributed by atoms with Crippen LogP contribution in [0.1, 0.15) is 48.3 Å². The molecule has 0 bridgehead atoms. The largest absolute Gasteiger partial charge is 0.497 e. The number of nitrogens with one attached hydrogen (secondary N) is 1. The van der Waals surface area contributed by atoms with Crippen molar-refractivity contribution in [1.82, 2.24) is 19.8 Å². The third-order valence-electron chi connectivity index (χ3n) is 6.39. The second kappa shape index (κ2) is 9.54. The predicted octanol–water partition coefficient (Wildman–Crippen LogP) is 2.38. The van der Waals surface area contributed by atoms with Gasteiger partial charge in [-0.3, -0.25) is 9.59 Å². The van der Waals surface area contributed by atoms with Gasteiger partial charge in [0.2, 0.25) is 11.8 Å². The molecule has 8 heteroatoms. The van der Waals surface area contributed by atoms with E-state index in [1.165, 1.54) is 0 Å². The van der Waals surface area contributed by atoms with Gasteiger partial charge < -0.3 is 19.9 Å². The van der Waals surface area contributed by atoms with Crippen LogP contribution < -0.4 is 10.1 Å². The van der Waals surface area contributed by atoms with Crippen molar-refractivity contribution in [2.24, 2.45) is 0 Å². The van der Waals surface area contributed by atoms with Crippen LogP contribution in [0.4, 0.5) is 5.82 Å². The first-order valence-electron chi connectivity index (χ1n) is 11.2. The molecule has 0 unspecified atom stereocenters. The fourth-order valence-corrected chi connectivity index (χ4v) is 4.58. The molecule has 1 fully saturated rings. The van der Waals surface area contributed by atoms with Gasteiger partial charge in [0.15, 0.2) is 0 Å². The highest BCUT2D eigenvalue weighted by Gasteiger charge is 2.29. The van der Waals surface area contributed by atoms with E-state index in [0.717, 1.165) is 53.6 Å². The number of likely N-dealkylation sites (tertiary alicyclic amines) is 1. The van der Waals surface area contributed by atoms with Gasteiger partial charge in [-0.2, -0.15) is 0 Å². The highest BCUT2D eigenvalue weighted by molar-refractivity contribution is 5.79. The lowest BCUT2D eigenvalue weighted by Gasteiger charge is -2.33.